The molecule has 4 heterocycles. The van der Waals surface area contributed by atoms with Crippen LogP contribution >= 0.6 is 0 Å². The minimum Gasteiger partial charge on any atom is -0.454 e. The van der Waals surface area contributed by atoms with E-state index in [9.17, 15) is 0 Å². The summed E-state index contributed by atoms with van der Waals surface area (Å²) in [5.74, 6) is 0. The van der Waals surface area contributed by atoms with Gasteiger partial charge in [-0.2, -0.15) is 0 Å². The van der Waals surface area contributed by atoms with Gasteiger partial charge in [0.2, 0.25) is 0 Å². The summed E-state index contributed by atoms with van der Waals surface area (Å²) < 4.78 is 13.4. The minimum atomic E-state index is -0.570. The molecule has 0 atom stereocenters. The number of benzene rings is 8. The summed E-state index contributed by atoms with van der Waals surface area (Å²) in [5, 5.41) is 2.02. The van der Waals surface area contributed by atoms with E-state index < -0.39 is 5.41 Å². The van der Waals surface area contributed by atoms with Crippen LogP contribution in [-0.4, -0.2) is 9.97 Å². The third-order valence-electron chi connectivity index (χ3n) is 13.6. The Kier molecular flexibility index (Phi) is 7.01. The summed E-state index contributed by atoms with van der Waals surface area (Å²) in [5.41, 5.74) is 23.3. The van der Waals surface area contributed by atoms with E-state index >= 15 is 0 Å². The lowest BCUT2D eigenvalue weighted by atomic mass is 9.70. The maximum Gasteiger partial charge on any atom is 0.161 e. The molecule has 63 heavy (non-hydrogen) atoms. The van der Waals surface area contributed by atoms with Crippen LogP contribution in [0.15, 0.2) is 215 Å². The van der Waals surface area contributed by atoms with Gasteiger partial charge in [-0.1, -0.05) is 146 Å². The van der Waals surface area contributed by atoms with Gasteiger partial charge in [0.05, 0.1) is 5.41 Å². The lowest BCUT2D eigenvalue weighted by molar-refractivity contribution is 0.669. The third-order valence-corrected chi connectivity index (χ3v) is 13.6. The lowest BCUT2D eigenvalue weighted by Gasteiger charge is -2.31. The van der Waals surface area contributed by atoms with Crippen LogP contribution in [-0.2, 0) is 5.41 Å². The number of pyridine rings is 2. The van der Waals surface area contributed by atoms with Gasteiger partial charge >= 0.3 is 0 Å². The number of fused-ring (bicyclic) bond motifs is 16. The van der Waals surface area contributed by atoms with Crippen LogP contribution < -0.4 is 0 Å². The molecule has 292 valence electrons. The highest BCUT2D eigenvalue weighted by molar-refractivity contribution is 6.10. The van der Waals surface area contributed by atoms with Crippen LogP contribution in [0.2, 0.25) is 0 Å². The molecule has 4 heteroatoms. The molecule has 4 aromatic heterocycles. The SMILES string of the molecule is c1ccc(-c2ccc3oc4c(-c5ccc6c(c5)C5(c7ccccc7-c7ccccc75)c5cc(-c7ccnc8c7oc7ccc(-c9ccccc9)cc78)ccc5-6)ccnc4c3c2)cc1. The van der Waals surface area contributed by atoms with E-state index in [0.717, 1.165) is 88.6 Å². The summed E-state index contributed by atoms with van der Waals surface area (Å²) >= 11 is 0. The highest BCUT2D eigenvalue weighted by Gasteiger charge is 2.51. The fourth-order valence-electron chi connectivity index (χ4n) is 10.9. The Bertz CT molecular complexity index is 3610. The second kappa shape index (κ2) is 12.8. The largest absolute Gasteiger partial charge is 0.454 e. The zero-order chi connectivity index (χ0) is 41.2. The summed E-state index contributed by atoms with van der Waals surface area (Å²) in [4.78, 5) is 9.82. The number of hydrogen-bond donors (Lipinski definition) is 0. The van der Waals surface area contributed by atoms with Gasteiger partial charge in [0.25, 0.3) is 0 Å². The molecular weight excluding hydrogens is 769 g/mol. The van der Waals surface area contributed by atoms with Crippen molar-refractivity contribution in [3.05, 3.63) is 229 Å². The van der Waals surface area contributed by atoms with Gasteiger partial charge in [-0.15, -0.1) is 0 Å². The van der Waals surface area contributed by atoms with Crippen molar-refractivity contribution in [2.24, 2.45) is 0 Å². The zero-order valence-electron chi connectivity index (χ0n) is 33.8. The van der Waals surface area contributed by atoms with Gasteiger partial charge in [0.1, 0.15) is 22.2 Å². The van der Waals surface area contributed by atoms with Crippen molar-refractivity contribution in [3.63, 3.8) is 0 Å². The predicted molar refractivity (Wildman–Crippen MR) is 255 cm³/mol. The fraction of sp³-hybridized carbons (Fsp3) is 0.0169. The smallest absolute Gasteiger partial charge is 0.161 e. The van der Waals surface area contributed by atoms with Crippen molar-refractivity contribution in [2.75, 3.05) is 0 Å². The van der Waals surface area contributed by atoms with Gasteiger partial charge in [0, 0.05) is 34.3 Å². The number of hydrogen-bond acceptors (Lipinski definition) is 4. The molecule has 12 aromatic rings. The molecule has 0 saturated carbocycles. The monoisotopic (exact) mass is 802 g/mol. The average molecular weight is 803 g/mol. The summed E-state index contributed by atoms with van der Waals surface area (Å²) in [6.45, 7) is 0. The molecular formula is C59H34N2O2. The molecule has 0 amide bonds. The first kappa shape index (κ1) is 34.4. The Morgan fingerprint density at radius 1 is 0.302 bits per heavy atom. The number of aromatic nitrogens is 2. The van der Waals surface area contributed by atoms with Gasteiger partial charge in [-0.25, -0.2) is 0 Å². The van der Waals surface area contributed by atoms with Crippen molar-refractivity contribution in [3.8, 4) is 66.8 Å². The third kappa shape index (κ3) is 4.75. The highest BCUT2D eigenvalue weighted by atomic mass is 16.3. The van der Waals surface area contributed by atoms with Crippen LogP contribution in [0.1, 0.15) is 22.3 Å². The standard InChI is InChI=1S/C59H34N2O2/c1-3-11-35(12-4-1)37-21-25-53-47(31-37)55-57(62-53)41(27-29-60-55)39-19-23-45-46-24-20-40(34-52(46)59(51(45)33-39)49-17-9-7-15-43(49)44-16-8-10-18-50(44)59)42-28-30-61-56-48-32-38(36-13-5-2-6-14-36)22-26-54(48)63-58(42)56/h1-34H. The second-order valence-corrected chi connectivity index (χ2v) is 16.8. The van der Waals surface area contributed by atoms with Crippen molar-refractivity contribution in [1.29, 1.82) is 0 Å². The van der Waals surface area contributed by atoms with E-state index in [4.69, 9.17) is 18.8 Å². The normalized spacial score (nSPS) is 13.2. The van der Waals surface area contributed by atoms with E-state index in [-0.39, 0.29) is 0 Å². The van der Waals surface area contributed by atoms with Crippen molar-refractivity contribution in [1.82, 2.24) is 9.97 Å². The number of nitrogens with zero attached hydrogens (tertiary/aromatic N) is 2. The molecule has 2 aliphatic rings. The van der Waals surface area contributed by atoms with Gasteiger partial charge in [-0.3, -0.25) is 9.97 Å². The molecule has 0 N–H and O–H groups in total. The van der Waals surface area contributed by atoms with Crippen LogP contribution in [0.5, 0.6) is 0 Å². The van der Waals surface area contributed by atoms with Crippen LogP contribution in [0.3, 0.4) is 0 Å². The maximum atomic E-state index is 6.71. The molecule has 0 fully saturated rings. The first-order valence-corrected chi connectivity index (χ1v) is 21.5. The molecule has 2 aliphatic carbocycles. The highest BCUT2D eigenvalue weighted by Crippen LogP contribution is 2.63. The quantitative estimate of drug-likeness (QED) is 0.178. The maximum absolute atomic E-state index is 6.71. The molecule has 0 unspecified atom stereocenters. The molecule has 14 rings (SSSR count). The summed E-state index contributed by atoms with van der Waals surface area (Å²) in [6.07, 6.45) is 3.84. The van der Waals surface area contributed by atoms with Gasteiger partial charge in [-0.05, 0) is 126 Å². The molecule has 0 saturated heterocycles. The molecule has 0 radical (unpaired) electrons. The van der Waals surface area contributed by atoms with Crippen molar-refractivity contribution < 1.29 is 8.83 Å². The van der Waals surface area contributed by atoms with Crippen molar-refractivity contribution >= 4 is 44.1 Å². The fourth-order valence-corrected chi connectivity index (χ4v) is 10.9. The summed E-state index contributed by atoms with van der Waals surface area (Å²) in [7, 11) is 0. The van der Waals surface area contributed by atoms with E-state index in [2.05, 4.69) is 182 Å². The van der Waals surface area contributed by atoms with Crippen LogP contribution in [0.25, 0.3) is 111 Å². The van der Waals surface area contributed by atoms with E-state index in [1.54, 1.807) is 0 Å². The number of rotatable bonds is 4. The molecule has 4 nitrogen and oxygen atoms in total. The summed E-state index contributed by atoms with van der Waals surface area (Å²) in [6, 6.07) is 69.9. The van der Waals surface area contributed by atoms with E-state index in [1.165, 1.54) is 44.5 Å². The molecule has 8 aromatic carbocycles. The Morgan fingerprint density at radius 2 is 0.714 bits per heavy atom. The first-order chi connectivity index (χ1) is 31.2. The average Bonchev–Trinajstić information content (AvgIpc) is 4.09. The van der Waals surface area contributed by atoms with Crippen molar-refractivity contribution in [2.45, 2.75) is 5.41 Å². The number of furan rings is 2. The minimum absolute atomic E-state index is 0.570. The van der Waals surface area contributed by atoms with Crippen LogP contribution in [0, 0.1) is 0 Å². The van der Waals surface area contributed by atoms with Gasteiger partial charge < -0.3 is 8.83 Å². The molecule has 0 bridgehead atoms. The first-order valence-electron chi connectivity index (χ1n) is 21.5. The zero-order valence-corrected chi connectivity index (χ0v) is 33.8. The predicted octanol–water partition coefficient (Wildman–Crippen LogP) is 15.3. The Hall–Kier alpha value is -8.34. The van der Waals surface area contributed by atoms with Gasteiger partial charge in [0.15, 0.2) is 11.2 Å². The lowest BCUT2D eigenvalue weighted by Crippen LogP contribution is -2.26. The Balaban J connectivity index is 0.976. The van der Waals surface area contributed by atoms with Crippen LogP contribution in [0.4, 0.5) is 0 Å². The topological polar surface area (TPSA) is 52.1 Å². The second-order valence-electron chi connectivity index (χ2n) is 16.8. The Labute approximate surface area is 362 Å². The van der Waals surface area contributed by atoms with E-state index in [0.29, 0.717) is 0 Å². The molecule has 0 aliphatic heterocycles. The molecule has 1 spiro atoms. The van der Waals surface area contributed by atoms with E-state index in [1.807, 2.05) is 24.5 Å². The Morgan fingerprint density at radius 3 is 1.19 bits per heavy atom.